The van der Waals surface area contributed by atoms with Crippen molar-refractivity contribution in [2.75, 3.05) is 26.4 Å². The van der Waals surface area contributed by atoms with Gasteiger partial charge in [0.05, 0.1) is 38.6 Å². The highest BCUT2D eigenvalue weighted by Gasteiger charge is 2.52. The molecule has 3 heterocycles. The molecule has 3 saturated heterocycles. The molecule has 3 fully saturated rings. The SMILES string of the molecule is CCCCCCCCCCCCCCCCCCCCCC(=O)N[C@@H](CO[C@@H]1O[C@H](CO[C@@H]2O[C@H](CO)[C@H](O[C@H]3O[C@H](CO)[C@@H](O)[C@H](O)[C@H]3O)[C@H](O)[C@H]2O)[C@H](O)[C@H](O)[C@H]1O)[C@H](O)CCCCCCCCCCCCCCC. The average molecular weight is 1110 g/mol. The van der Waals surface area contributed by atoms with Crippen LogP contribution < -0.4 is 5.32 Å². The summed E-state index contributed by atoms with van der Waals surface area (Å²) in [6, 6.07) is -0.879. The fraction of sp³-hybridized carbons (Fsp3) is 0.983. The van der Waals surface area contributed by atoms with E-state index in [-0.39, 0.29) is 18.9 Å². The lowest BCUT2D eigenvalue weighted by Gasteiger charge is -2.46. The Hall–Kier alpha value is -1.21. The summed E-state index contributed by atoms with van der Waals surface area (Å²) in [4.78, 5) is 13.3. The molecule has 0 bridgehead atoms. The first-order valence-corrected chi connectivity index (χ1v) is 30.8. The van der Waals surface area contributed by atoms with Gasteiger partial charge in [0.1, 0.15) is 73.2 Å². The fourth-order valence-electron chi connectivity index (χ4n) is 10.7. The minimum Gasteiger partial charge on any atom is -0.394 e. The van der Waals surface area contributed by atoms with Gasteiger partial charge >= 0.3 is 0 Å². The van der Waals surface area contributed by atoms with E-state index >= 15 is 0 Å². The molecule has 12 N–H and O–H groups in total. The van der Waals surface area contributed by atoms with Gasteiger partial charge in [-0.15, -0.1) is 0 Å². The quantitative estimate of drug-likeness (QED) is 0.0330. The van der Waals surface area contributed by atoms with Crippen LogP contribution >= 0.6 is 0 Å². The molecule has 0 spiro atoms. The third-order valence-corrected chi connectivity index (χ3v) is 15.9. The summed E-state index contributed by atoms with van der Waals surface area (Å²) in [5.41, 5.74) is 0. The summed E-state index contributed by atoms with van der Waals surface area (Å²) in [5, 5.41) is 120. The summed E-state index contributed by atoms with van der Waals surface area (Å²) in [5.74, 6) is -0.239. The van der Waals surface area contributed by atoms with Crippen LogP contribution in [0, 0.1) is 0 Å². The molecule has 0 aromatic rings. The second-order valence-corrected chi connectivity index (χ2v) is 22.6. The Kier molecular flexibility index (Phi) is 38.7. The second kappa shape index (κ2) is 42.6. The van der Waals surface area contributed by atoms with Crippen molar-refractivity contribution in [3.05, 3.63) is 0 Å². The minimum atomic E-state index is -1.88. The van der Waals surface area contributed by atoms with E-state index in [0.29, 0.717) is 12.8 Å². The smallest absolute Gasteiger partial charge is 0.220 e. The lowest BCUT2D eigenvalue weighted by Crippen LogP contribution is -2.65. The molecule has 456 valence electrons. The van der Waals surface area contributed by atoms with Gasteiger partial charge in [-0.2, -0.15) is 0 Å². The van der Waals surface area contributed by atoms with Gasteiger partial charge < -0.3 is 89.9 Å². The van der Waals surface area contributed by atoms with Crippen LogP contribution in [0.5, 0.6) is 0 Å². The molecular weight excluding hydrogens is 999 g/mol. The molecule has 3 aliphatic rings. The van der Waals surface area contributed by atoms with E-state index in [1.54, 1.807) is 0 Å². The fourth-order valence-corrected chi connectivity index (χ4v) is 10.7. The Labute approximate surface area is 462 Å². The van der Waals surface area contributed by atoms with Gasteiger partial charge in [-0.05, 0) is 12.8 Å². The number of carbonyl (C=O) groups excluding carboxylic acids is 1. The van der Waals surface area contributed by atoms with Gasteiger partial charge in [0.2, 0.25) is 5.91 Å². The second-order valence-electron chi connectivity index (χ2n) is 22.6. The van der Waals surface area contributed by atoms with Gasteiger partial charge in [0.25, 0.3) is 0 Å². The molecule has 0 aliphatic carbocycles. The van der Waals surface area contributed by atoms with E-state index in [2.05, 4.69) is 19.2 Å². The Balaban J connectivity index is 1.47. The van der Waals surface area contributed by atoms with Crippen LogP contribution in [-0.4, -0.2) is 193 Å². The molecule has 77 heavy (non-hydrogen) atoms. The maximum Gasteiger partial charge on any atom is 0.220 e. The highest BCUT2D eigenvalue weighted by atomic mass is 16.8. The lowest BCUT2D eigenvalue weighted by molar-refractivity contribution is -0.364. The number of aliphatic hydroxyl groups excluding tert-OH is 11. The molecular formula is C58H111NO18. The van der Waals surface area contributed by atoms with Crippen molar-refractivity contribution in [1.82, 2.24) is 5.32 Å². The van der Waals surface area contributed by atoms with Crippen LogP contribution in [0.1, 0.15) is 232 Å². The summed E-state index contributed by atoms with van der Waals surface area (Å²) >= 11 is 0. The zero-order valence-electron chi connectivity index (χ0n) is 47.5. The van der Waals surface area contributed by atoms with E-state index in [1.807, 2.05) is 0 Å². The number of hydrogen-bond donors (Lipinski definition) is 12. The van der Waals surface area contributed by atoms with E-state index in [9.17, 15) is 61.0 Å². The van der Waals surface area contributed by atoms with Crippen LogP contribution in [0.3, 0.4) is 0 Å². The molecule has 19 heteroatoms. The number of nitrogens with one attached hydrogen (secondary N) is 1. The normalized spacial score (nSPS) is 30.6. The molecule has 19 nitrogen and oxygen atoms in total. The minimum absolute atomic E-state index is 0.239. The van der Waals surface area contributed by atoms with Gasteiger partial charge in [0.15, 0.2) is 18.9 Å². The first-order chi connectivity index (χ1) is 37.3. The molecule has 0 radical (unpaired) electrons. The number of amides is 1. The van der Waals surface area contributed by atoms with Gasteiger partial charge in [-0.25, -0.2) is 0 Å². The van der Waals surface area contributed by atoms with Crippen LogP contribution in [0.15, 0.2) is 0 Å². The Morgan fingerprint density at radius 2 is 0.792 bits per heavy atom. The highest BCUT2D eigenvalue weighted by Crippen LogP contribution is 2.31. The van der Waals surface area contributed by atoms with Crippen molar-refractivity contribution in [3.63, 3.8) is 0 Å². The van der Waals surface area contributed by atoms with Crippen molar-refractivity contribution in [1.29, 1.82) is 0 Å². The predicted molar refractivity (Wildman–Crippen MR) is 291 cm³/mol. The van der Waals surface area contributed by atoms with Gasteiger partial charge in [0, 0.05) is 6.42 Å². The maximum absolute atomic E-state index is 13.3. The van der Waals surface area contributed by atoms with Crippen LogP contribution in [-0.2, 0) is 33.2 Å². The average Bonchev–Trinajstić information content (AvgIpc) is 3.44. The summed E-state index contributed by atoms with van der Waals surface area (Å²) < 4.78 is 34.1. The van der Waals surface area contributed by atoms with E-state index in [0.717, 1.165) is 44.9 Å². The van der Waals surface area contributed by atoms with E-state index in [4.69, 9.17) is 28.4 Å². The van der Waals surface area contributed by atoms with E-state index < -0.39 is 124 Å². The number of unbranched alkanes of at least 4 members (excludes halogenated alkanes) is 30. The molecule has 1 amide bonds. The number of carbonyl (C=O) groups is 1. The topological polar surface area (TPSA) is 307 Å². The number of ether oxygens (including phenoxy) is 6. The monoisotopic (exact) mass is 1110 g/mol. The predicted octanol–water partition coefficient (Wildman–Crippen LogP) is 5.60. The largest absolute Gasteiger partial charge is 0.394 e. The molecule has 0 aromatic carbocycles. The summed E-state index contributed by atoms with van der Waals surface area (Å²) in [7, 11) is 0. The zero-order valence-corrected chi connectivity index (χ0v) is 47.5. The van der Waals surface area contributed by atoms with E-state index in [1.165, 1.54) is 154 Å². The maximum atomic E-state index is 13.3. The van der Waals surface area contributed by atoms with Crippen molar-refractivity contribution in [3.8, 4) is 0 Å². The number of rotatable bonds is 46. The van der Waals surface area contributed by atoms with Crippen LogP contribution in [0.4, 0.5) is 0 Å². The van der Waals surface area contributed by atoms with Crippen molar-refractivity contribution in [2.24, 2.45) is 0 Å². The van der Waals surface area contributed by atoms with Crippen molar-refractivity contribution < 1.29 is 89.4 Å². The molecule has 0 saturated carbocycles. The molecule has 17 atom stereocenters. The third kappa shape index (κ3) is 27.2. The lowest BCUT2D eigenvalue weighted by atomic mass is 9.97. The van der Waals surface area contributed by atoms with Gasteiger partial charge in [-0.3, -0.25) is 4.79 Å². The highest BCUT2D eigenvalue weighted by molar-refractivity contribution is 5.76. The first kappa shape index (κ1) is 70.1. The van der Waals surface area contributed by atoms with Crippen LogP contribution in [0.25, 0.3) is 0 Å². The summed E-state index contributed by atoms with van der Waals surface area (Å²) in [6.07, 6.45) is 13.7. The zero-order chi connectivity index (χ0) is 56.2. The van der Waals surface area contributed by atoms with Crippen molar-refractivity contribution in [2.45, 2.75) is 336 Å². The molecule has 0 aromatic heterocycles. The molecule has 3 rings (SSSR count). The van der Waals surface area contributed by atoms with Gasteiger partial charge in [-0.1, -0.05) is 213 Å². The Morgan fingerprint density at radius 1 is 0.429 bits per heavy atom. The van der Waals surface area contributed by atoms with Crippen LogP contribution in [0.2, 0.25) is 0 Å². The number of aliphatic hydroxyl groups is 11. The molecule has 0 unspecified atom stereocenters. The van der Waals surface area contributed by atoms with Crippen molar-refractivity contribution >= 4 is 5.91 Å². The Bertz CT molecular complexity index is 1420. The Morgan fingerprint density at radius 3 is 1.25 bits per heavy atom. The standard InChI is InChI=1S/C58H111NO18/c1-3-5-7-9-11-13-15-17-18-19-20-21-22-24-26-28-30-32-34-36-46(63)59-41(42(62)35-33-31-29-27-25-23-16-14-12-10-8-6-4-2)39-72-56-52(69)50(67)48(65)45(76-56)40-73-57-54(71)51(68)55(44(38-61)75-57)77-58-53(70)49(66)47(64)43(37-60)74-58/h41-45,47-58,60-62,64-71H,3-40H2,1-2H3,(H,59,63)/t41-,42+,43+,44+,45+,47+,48-,49-,50-,51+,52+,53+,54+,55-,56+,57+,58+/m0/s1. The summed E-state index contributed by atoms with van der Waals surface area (Å²) in [6.45, 7) is 2.04. The third-order valence-electron chi connectivity index (χ3n) is 15.9. The number of hydrogen-bond acceptors (Lipinski definition) is 18. The molecule has 3 aliphatic heterocycles. The first-order valence-electron chi connectivity index (χ1n) is 30.8.